The monoisotopic (exact) mass is 326 g/mol. The fraction of sp³-hybridized carbons (Fsp3) is 0.600. The lowest BCUT2D eigenvalue weighted by molar-refractivity contribution is 0.241. The van der Waals surface area contributed by atoms with Crippen molar-refractivity contribution in [2.45, 2.75) is 38.8 Å². The number of aliphatic hydroxyl groups is 1. The number of nitrogens with zero attached hydrogens (tertiary/aromatic N) is 1. The molecule has 1 atom stereocenters. The summed E-state index contributed by atoms with van der Waals surface area (Å²) in [5.41, 5.74) is 2.51. The van der Waals surface area contributed by atoms with Crippen molar-refractivity contribution in [2.24, 2.45) is 0 Å². The van der Waals surface area contributed by atoms with Gasteiger partial charge in [-0.15, -0.1) is 0 Å². The van der Waals surface area contributed by atoms with Crippen LogP contribution in [0.3, 0.4) is 0 Å². The molecule has 1 aliphatic heterocycles. The first kappa shape index (κ1) is 14.8. The third-order valence-electron chi connectivity index (χ3n) is 3.78. The van der Waals surface area contributed by atoms with Crippen LogP contribution < -0.4 is 10.2 Å². The van der Waals surface area contributed by atoms with Gasteiger partial charge in [-0.25, -0.2) is 0 Å². The maximum Gasteiger partial charge on any atom is 0.0518 e. The van der Waals surface area contributed by atoms with E-state index >= 15 is 0 Å². The molecule has 1 aromatic rings. The van der Waals surface area contributed by atoms with Gasteiger partial charge in [0.1, 0.15) is 0 Å². The zero-order valence-corrected chi connectivity index (χ0v) is 13.5. The summed E-state index contributed by atoms with van der Waals surface area (Å²) in [5, 5.41) is 12.8. The number of anilines is 1. The number of rotatable bonds is 3. The van der Waals surface area contributed by atoms with Crippen molar-refractivity contribution in [1.82, 2.24) is 5.32 Å². The molecule has 0 radical (unpaired) electrons. The number of aliphatic hydroxyl groups excluding tert-OH is 1. The topological polar surface area (TPSA) is 35.5 Å². The fourth-order valence-corrected chi connectivity index (χ4v) is 3.61. The van der Waals surface area contributed by atoms with E-state index < -0.39 is 0 Å². The minimum absolute atomic E-state index is 0.0376. The molecular formula is C15H23BrN2O. The lowest BCUT2D eigenvalue weighted by Gasteiger charge is -2.50. The summed E-state index contributed by atoms with van der Waals surface area (Å²) in [6, 6.07) is 6.81. The van der Waals surface area contributed by atoms with Crippen LogP contribution in [0.1, 0.15) is 25.8 Å². The Labute approximate surface area is 124 Å². The predicted octanol–water partition coefficient (Wildman–Crippen LogP) is 2.70. The van der Waals surface area contributed by atoms with Crippen LogP contribution in [0.15, 0.2) is 22.7 Å². The van der Waals surface area contributed by atoms with Crippen molar-refractivity contribution in [3.8, 4) is 0 Å². The van der Waals surface area contributed by atoms with Gasteiger partial charge < -0.3 is 15.3 Å². The zero-order valence-electron chi connectivity index (χ0n) is 11.9. The highest BCUT2D eigenvalue weighted by Crippen LogP contribution is 2.35. The molecule has 2 rings (SSSR count). The Morgan fingerprint density at radius 1 is 1.47 bits per heavy atom. The van der Waals surface area contributed by atoms with Gasteiger partial charge in [-0.2, -0.15) is 0 Å². The van der Waals surface area contributed by atoms with Crippen molar-refractivity contribution >= 4 is 21.6 Å². The van der Waals surface area contributed by atoms with Gasteiger partial charge in [0.25, 0.3) is 0 Å². The standard InChI is InChI=1S/C15H23BrN2O/c1-11-4-5-14(13(16)8-11)18-12(6-7-19)9-17-10-15(18,2)3/h4-5,8,12,17,19H,6-7,9-10H2,1-3H3. The molecule has 1 heterocycles. The van der Waals surface area contributed by atoms with E-state index in [2.05, 4.69) is 65.1 Å². The van der Waals surface area contributed by atoms with Crippen molar-refractivity contribution in [3.05, 3.63) is 28.2 Å². The number of benzene rings is 1. The highest BCUT2D eigenvalue weighted by Gasteiger charge is 2.36. The predicted molar refractivity (Wildman–Crippen MR) is 83.8 cm³/mol. The minimum Gasteiger partial charge on any atom is -0.396 e. The summed E-state index contributed by atoms with van der Waals surface area (Å²) in [4.78, 5) is 2.45. The van der Waals surface area contributed by atoms with Crippen molar-refractivity contribution < 1.29 is 5.11 Å². The normalized spacial score (nSPS) is 22.6. The maximum absolute atomic E-state index is 9.30. The number of halogens is 1. The molecular weight excluding hydrogens is 304 g/mol. The average Bonchev–Trinajstić information content (AvgIpc) is 2.31. The third-order valence-corrected chi connectivity index (χ3v) is 4.42. The van der Waals surface area contributed by atoms with Gasteiger partial charge in [-0.1, -0.05) is 6.07 Å². The van der Waals surface area contributed by atoms with E-state index in [0.717, 1.165) is 24.0 Å². The molecule has 0 aliphatic carbocycles. The molecule has 0 saturated carbocycles. The first-order chi connectivity index (χ1) is 8.95. The van der Waals surface area contributed by atoms with E-state index in [9.17, 15) is 5.11 Å². The van der Waals surface area contributed by atoms with Gasteiger partial charge in [-0.05, 0) is 60.8 Å². The SMILES string of the molecule is Cc1ccc(N2C(CCO)CNCC2(C)C)c(Br)c1. The van der Waals surface area contributed by atoms with E-state index in [4.69, 9.17) is 0 Å². The first-order valence-corrected chi connectivity index (χ1v) is 7.62. The van der Waals surface area contributed by atoms with Crippen molar-refractivity contribution in [1.29, 1.82) is 0 Å². The Hall–Kier alpha value is -0.580. The average molecular weight is 327 g/mol. The number of hydrogen-bond donors (Lipinski definition) is 2. The Bertz CT molecular complexity index is 446. The minimum atomic E-state index is 0.0376. The molecule has 2 N–H and O–H groups in total. The molecule has 1 saturated heterocycles. The van der Waals surface area contributed by atoms with Crippen LogP contribution in [0.5, 0.6) is 0 Å². The molecule has 0 bridgehead atoms. The lowest BCUT2D eigenvalue weighted by atomic mass is 9.93. The molecule has 0 aromatic heterocycles. The largest absolute Gasteiger partial charge is 0.396 e. The second-order valence-corrected chi connectivity index (χ2v) is 6.79. The molecule has 1 unspecified atom stereocenters. The molecule has 1 aliphatic rings. The molecule has 3 nitrogen and oxygen atoms in total. The van der Waals surface area contributed by atoms with Crippen LogP contribution in [0.2, 0.25) is 0 Å². The first-order valence-electron chi connectivity index (χ1n) is 6.83. The number of piperazine rings is 1. The van der Waals surface area contributed by atoms with Gasteiger partial charge in [0.2, 0.25) is 0 Å². The van der Waals surface area contributed by atoms with Crippen LogP contribution in [0.4, 0.5) is 5.69 Å². The summed E-state index contributed by atoms with van der Waals surface area (Å²) >= 11 is 3.69. The molecule has 19 heavy (non-hydrogen) atoms. The summed E-state index contributed by atoms with van der Waals surface area (Å²) in [7, 11) is 0. The zero-order chi connectivity index (χ0) is 14.0. The lowest BCUT2D eigenvalue weighted by Crippen LogP contribution is -2.63. The van der Waals surface area contributed by atoms with Gasteiger partial charge in [0.05, 0.1) is 5.69 Å². The van der Waals surface area contributed by atoms with Crippen molar-refractivity contribution in [3.63, 3.8) is 0 Å². The quantitative estimate of drug-likeness (QED) is 0.896. The highest BCUT2D eigenvalue weighted by atomic mass is 79.9. The summed E-state index contributed by atoms with van der Waals surface area (Å²) in [5.74, 6) is 0. The van der Waals surface area contributed by atoms with Crippen LogP contribution in [0, 0.1) is 6.92 Å². The molecule has 4 heteroatoms. The maximum atomic E-state index is 9.30. The molecule has 106 valence electrons. The van der Waals surface area contributed by atoms with E-state index in [1.54, 1.807) is 0 Å². The second kappa shape index (κ2) is 5.81. The van der Waals surface area contributed by atoms with E-state index in [1.165, 1.54) is 11.3 Å². The van der Waals surface area contributed by atoms with Crippen LogP contribution in [0.25, 0.3) is 0 Å². The molecule has 0 spiro atoms. The van der Waals surface area contributed by atoms with Crippen molar-refractivity contribution in [2.75, 3.05) is 24.6 Å². The second-order valence-electron chi connectivity index (χ2n) is 5.93. The molecule has 1 aromatic carbocycles. The molecule has 0 amide bonds. The Balaban J connectivity index is 2.40. The molecule has 1 fully saturated rings. The van der Waals surface area contributed by atoms with Gasteiger partial charge in [0.15, 0.2) is 0 Å². The Morgan fingerprint density at radius 3 is 2.84 bits per heavy atom. The van der Waals surface area contributed by atoms with Gasteiger partial charge in [-0.3, -0.25) is 0 Å². The van der Waals surface area contributed by atoms with Crippen LogP contribution in [-0.2, 0) is 0 Å². The number of nitrogens with one attached hydrogen (secondary N) is 1. The van der Waals surface area contributed by atoms with E-state index in [0.29, 0.717) is 6.04 Å². The highest BCUT2D eigenvalue weighted by molar-refractivity contribution is 9.10. The van der Waals surface area contributed by atoms with Gasteiger partial charge >= 0.3 is 0 Å². The third kappa shape index (κ3) is 3.12. The number of hydrogen-bond acceptors (Lipinski definition) is 3. The summed E-state index contributed by atoms with van der Waals surface area (Å²) < 4.78 is 1.13. The summed E-state index contributed by atoms with van der Waals surface area (Å²) in [6.45, 7) is 8.69. The Morgan fingerprint density at radius 2 is 2.21 bits per heavy atom. The smallest absolute Gasteiger partial charge is 0.0518 e. The summed E-state index contributed by atoms with van der Waals surface area (Å²) in [6.07, 6.45) is 0.788. The fourth-order valence-electron chi connectivity index (χ4n) is 2.93. The van der Waals surface area contributed by atoms with E-state index in [-0.39, 0.29) is 12.1 Å². The van der Waals surface area contributed by atoms with Crippen LogP contribution in [-0.4, -0.2) is 36.4 Å². The van der Waals surface area contributed by atoms with Crippen LogP contribution >= 0.6 is 15.9 Å². The number of aryl methyl sites for hydroxylation is 1. The van der Waals surface area contributed by atoms with E-state index in [1.807, 2.05) is 0 Å². The Kier molecular flexibility index (Phi) is 4.54. The van der Waals surface area contributed by atoms with Gasteiger partial charge in [0, 0.05) is 35.7 Å².